The number of rotatable bonds is 8. The Morgan fingerprint density at radius 1 is 1.19 bits per heavy atom. The van der Waals surface area contributed by atoms with Crippen molar-refractivity contribution in [2.24, 2.45) is 5.92 Å². The Bertz CT molecular complexity index is 420. The van der Waals surface area contributed by atoms with E-state index in [9.17, 15) is 0 Å². The van der Waals surface area contributed by atoms with Gasteiger partial charge in [0.25, 0.3) is 0 Å². The van der Waals surface area contributed by atoms with Crippen LogP contribution < -0.4 is 15.8 Å². The van der Waals surface area contributed by atoms with E-state index < -0.39 is 0 Å². The van der Waals surface area contributed by atoms with E-state index in [1.54, 1.807) is 0 Å². The normalized spacial score (nSPS) is 13.0. The van der Waals surface area contributed by atoms with Gasteiger partial charge in [-0.1, -0.05) is 19.9 Å². The van der Waals surface area contributed by atoms with Crippen molar-refractivity contribution >= 4 is 11.4 Å². The maximum Gasteiger partial charge on any atom is 0.144 e. The molecule has 1 rings (SSSR count). The van der Waals surface area contributed by atoms with Crippen LogP contribution in [0.15, 0.2) is 18.2 Å². The highest BCUT2D eigenvalue weighted by Gasteiger charge is 2.15. The fourth-order valence-corrected chi connectivity index (χ4v) is 2.44. The molecule has 0 aliphatic rings. The average Bonchev–Trinajstić information content (AvgIpc) is 2.32. The highest BCUT2D eigenvalue weighted by molar-refractivity contribution is 5.73. The predicted octanol–water partition coefficient (Wildman–Crippen LogP) is 3.44. The maximum atomic E-state index is 6.24. The lowest BCUT2D eigenvalue weighted by Gasteiger charge is -2.26. The SMILES string of the molecule is CC(C)CC(CN(C)C)Nc1cccc(OC(C)C)c1N. The molecule has 0 fully saturated rings. The molecule has 120 valence electrons. The van der Waals surface area contributed by atoms with Crippen molar-refractivity contribution in [2.75, 3.05) is 31.7 Å². The lowest BCUT2D eigenvalue weighted by atomic mass is 10.0. The van der Waals surface area contributed by atoms with Crippen LogP contribution in [0.3, 0.4) is 0 Å². The minimum absolute atomic E-state index is 0.121. The van der Waals surface area contributed by atoms with E-state index in [1.807, 2.05) is 32.0 Å². The van der Waals surface area contributed by atoms with Gasteiger partial charge in [0.05, 0.1) is 17.5 Å². The molecule has 0 saturated carbocycles. The molecule has 0 aromatic heterocycles. The number of likely N-dealkylation sites (N-methyl/N-ethyl adjacent to an activating group) is 1. The lowest BCUT2D eigenvalue weighted by molar-refractivity contribution is 0.244. The van der Waals surface area contributed by atoms with Gasteiger partial charge in [-0.15, -0.1) is 0 Å². The number of hydrogen-bond donors (Lipinski definition) is 2. The molecule has 0 heterocycles. The zero-order chi connectivity index (χ0) is 16.0. The van der Waals surface area contributed by atoms with Crippen LogP contribution in [0.25, 0.3) is 0 Å². The molecule has 1 unspecified atom stereocenters. The van der Waals surface area contributed by atoms with Crippen molar-refractivity contribution in [1.29, 1.82) is 0 Å². The van der Waals surface area contributed by atoms with Crippen LogP contribution in [0.1, 0.15) is 34.1 Å². The van der Waals surface area contributed by atoms with Crippen LogP contribution in [0.5, 0.6) is 5.75 Å². The predicted molar refractivity (Wildman–Crippen MR) is 92.0 cm³/mol. The molecule has 0 saturated heterocycles. The Morgan fingerprint density at radius 2 is 1.86 bits per heavy atom. The van der Waals surface area contributed by atoms with Crippen LogP contribution in [0, 0.1) is 5.92 Å². The molecule has 0 bridgehead atoms. The highest BCUT2D eigenvalue weighted by Crippen LogP contribution is 2.31. The van der Waals surface area contributed by atoms with Gasteiger partial charge in [-0.05, 0) is 52.4 Å². The minimum atomic E-state index is 0.121. The molecule has 0 aliphatic heterocycles. The van der Waals surface area contributed by atoms with Crippen LogP contribution in [0.2, 0.25) is 0 Å². The summed E-state index contributed by atoms with van der Waals surface area (Å²) in [4.78, 5) is 2.20. The third-order valence-electron chi connectivity index (χ3n) is 3.13. The van der Waals surface area contributed by atoms with Gasteiger partial charge >= 0.3 is 0 Å². The van der Waals surface area contributed by atoms with Gasteiger partial charge in [-0.3, -0.25) is 0 Å². The Morgan fingerprint density at radius 3 is 2.38 bits per heavy atom. The number of anilines is 2. The quantitative estimate of drug-likeness (QED) is 0.721. The molecule has 4 nitrogen and oxygen atoms in total. The summed E-state index contributed by atoms with van der Waals surface area (Å²) >= 11 is 0. The van der Waals surface area contributed by atoms with Gasteiger partial charge < -0.3 is 20.7 Å². The van der Waals surface area contributed by atoms with E-state index in [4.69, 9.17) is 10.5 Å². The first-order valence-electron chi connectivity index (χ1n) is 7.76. The Labute approximate surface area is 129 Å². The summed E-state index contributed by atoms with van der Waals surface area (Å²) in [6.45, 7) is 9.48. The second-order valence-electron chi connectivity index (χ2n) is 6.62. The molecule has 21 heavy (non-hydrogen) atoms. The fourth-order valence-electron chi connectivity index (χ4n) is 2.44. The zero-order valence-electron chi connectivity index (χ0n) is 14.3. The molecule has 1 aromatic carbocycles. The summed E-state index contributed by atoms with van der Waals surface area (Å²) in [5, 5.41) is 3.58. The maximum absolute atomic E-state index is 6.24. The van der Waals surface area contributed by atoms with Crippen LogP contribution >= 0.6 is 0 Å². The van der Waals surface area contributed by atoms with E-state index in [1.165, 1.54) is 0 Å². The zero-order valence-corrected chi connectivity index (χ0v) is 14.3. The Kier molecular flexibility index (Phi) is 6.82. The molecule has 4 heteroatoms. The van der Waals surface area contributed by atoms with Gasteiger partial charge in [-0.25, -0.2) is 0 Å². The first kappa shape index (κ1) is 17.6. The second-order valence-corrected chi connectivity index (χ2v) is 6.62. The van der Waals surface area contributed by atoms with Crippen LogP contribution in [-0.4, -0.2) is 37.7 Å². The van der Waals surface area contributed by atoms with Gasteiger partial charge in [0.1, 0.15) is 5.75 Å². The Balaban J connectivity index is 2.87. The minimum Gasteiger partial charge on any atom is -0.489 e. The largest absolute Gasteiger partial charge is 0.489 e. The van der Waals surface area contributed by atoms with Crippen molar-refractivity contribution in [2.45, 2.75) is 46.3 Å². The van der Waals surface area contributed by atoms with E-state index >= 15 is 0 Å². The van der Waals surface area contributed by atoms with Gasteiger partial charge in [0.2, 0.25) is 0 Å². The van der Waals surface area contributed by atoms with Crippen molar-refractivity contribution in [3.05, 3.63) is 18.2 Å². The molecule has 0 radical (unpaired) electrons. The number of nitrogen functional groups attached to an aromatic ring is 1. The van der Waals surface area contributed by atoms with Gasteiger partial charge in [-0.2, -0.15) is 0 Å². The molecule has 1 atom stereocenters. The summed E-state index contributed by atoms with van der Waals surface area (Å²) in [6.07, 6.45) is 1.23. The lowest BCUT2D eigenvalue weighted by Crippen LogP contribution is -2.33. The highest BCUT2D eigenvalue weighted by atomic mass is 16.5. The number of nitrogens with one attached hydrogen (secondary N) is 1. The summed E-state index contributed by atoms with van der Waals surface area (Å²) in [5.41, 5.74) is 7.89. The smallest absolute Gasteiger partial charge is 0.144 e. The van der Waals surface area contributed by atoms with Crippen molar-refractivity contribution < 1.29 is 4.74 Å². The molecule has 3 N–H and O–H groups in total. The first-order valence-corrected chi connectivity index (χ1v) is 7.76. The van der Waals surface area contributed by atoms with E-state index in [-0.39, 0.29) is 6.10 Å². The summed E-state index contributed by atoms with van der Waals surface area (Å²) < 4.78 is 5.75. The van der Waals surface area contributed by atoms with E-state index in [0.717, 1.165) is 24.4 Å². The van der Waals surface area contributed by atoms with Crippen molar-refractivity contribution in [3.63, 3.8) is 0 Å². The van der Waals surface area contributed by atoms with E-state index in [0.29, 0.717) is 17.6 Å². The van der Waals surface area contributed by atoms with E-state index in [2.05, 4.69) is 38.2 Å². The van der Waals surface area contributed by atoms with Crippen LogP contribution in [0.4, 0.5) is 11.4 Å². The second kappa shape index (κ2) is 8.13. The van der Waals surface area contributed by atoms with Gasteiger partial charge in [0, 0.05) is 12.6 Å². The fraction of sp³-hybridized carbons (Fsp3) is 0.647. The molecule has 1 aromatic rings. The number of nitrogens with two attached hydrogens (primary N) is 1. The number of hydrogen-bond acceptors (Lipinski definition) is 4. The summed E-state index contributed by atoms with van der Waals surface area (Å²) in [7, 11) is 4.19. The monoisotopic (exact) mass is 293 g/mol. The Hall–Kier alpha value is -1.42. The molecule has 0 spiro atoms. The number of benzene rings is 1. The first-order chi connectivity index (χ1) is 9.79. The van der Waals surface area contributed by atoms with Crippen molar-refractivity contribution in [3.8, 4) is 5.75 Å². The van der Waals surface area contributed by atoms with Crippen molar-refractivity contribution in [1.82, 2.24) is 4.90 Å². The number of para-hydroxylation sites is 1. The standard InChI is InChI=1S/C17H31N3O/c1-12(2)10-14(11-20(5)6)19-15-8-7-9-16(17(15)18)21-13(3)4/h7-9,12-14,19H,10-11,18H2,1-6H3. The number of nitrogens with zero attached hydrogens (tertiary/aromatic N) is 1. The molecule has 0 aliphatic carbocycles. The topological polar surface area (TPSA) is 50.5 Å². The average molecular weight is 293 g/mol. The van der Waals surface area contributed by atoms with Crippen LogP contribution in [-0.2, 0) is 0 Å². The summed E-state index contributed by atoms with van der Waals surface area (Å²) in [6, 6.07) is 6.30. The third kappa shape index (κ3) is 6.25. The molecular weight excluding hydrogens is 262 g/mol. The number of ether oxygens (including phenoxy) is 1. The summed E-state index contributed by atoms with van der Waals surface area (Å²) in [5.74, 6) is 1.39. The van der Waals surface area contributed by atoms with Gasteiger partial charge in [0.15, 0.2) is 0 Å². The third-order valence-corrected chi connectivity index (χ3v) is 3.13. The molecular formula is C17H31N3O. The molecule has 0 amide bonds.